The third-order valence-corrected chi connectivity index (χ3v) is 9.46. The Bertz CT molecular complexity index is 2870. The van der Waals surface area contributed by atoms with Gasteiger partial charge in [-0.1, -0.05) is 34.6 Å². The predicted molar refractivity (Wildman–Crippen MR) is 219 cm³/mol. The molecule has 6 aromatic heterocycles. The monoisotopic (exact) mass is 904 g/mol. The number of aromatic nitrogens is 10. The van der Waals surface area contributed by atoms with Gasteiger partial charge in [-0.2, -0.15) is 36.5 Å². The van der Waals surface area contributed by atoms with Gasteiger partial charge in [0, 0.05) is 23.5 Å². The average molecular weight is 905 g/mol. The van der Waals surface area contributed by atoms with Gasteiger partial charge in [-0.05, 0) is 57.2 Å². The molecule has 65 heavy (non-hydrogen) atoms. The Labute approximate surface area is 365 Å². The molecule has 0 bridgehead atoms. The van der Waals surface area contributed by atoms with Crippen LogP contribution in [0.3, 0.4) is 0 Å². The highest BCUT2D eigenvalue weighted by atomic mass is 19.4. The normalized spacial score (nSPS) is 12.4. The summed E-state index contributed by atoms with van der Waals surface area (Å²) >= 11 is 0. The van der Waals surface area contributed by atoms with Crippen molar-refractivity contribution in [2.24, 2.45) is 0 Å². The fourth-order valence-corrected chi connectivity index (χ4v) is 6.92. The first-order valence-corrected chi connectivity index (χ1v) is 19.4. The Morgan fingerprint density at radius 1 is 0.646 bits per heavy atom. The van der Waals surface area contributed by atoms with Crippen molar-refractivity contribution >= 4 is 0 Å². The number of hydrogen-bond acceptors (Lipinski definition) is 14. The molecule has 22 heteroatoms. The lowest BCUT2D eigenvalue weighted by molar-refractivity contribution is -0.145. The zero-order valence-electron chi connectivity index (χ0n) is 35.0. The van der Waals surface area contributed by atoms with Gasteiger partial charge in [0.05, 0.1) is 85.0 Å². The van der Waals surface area contributed by atoms with E-state index in [-0.39, 0.29) is 58.3 Å². The molecular formula is C43H38F6N10O6. The Kier molecular flexibility index (Phi) is 12.8. The summed E-state index contributed by atoms with van der Waals surface area (Å²) in [5, 5.41) is 35.6. The molecule has 0 spiro atoms. The number of methoxy groups -OCH3 is 2. The number of rotatable bonds is 12. The third-order valence-electron chi connectivity index (χ3n) is 9.46. The van der Waals surface area contributed by atoms with Crippen LogP contribution >= 0.6 is 0 Å². The summed E-state index contributed by atoms with van der Waals surface area (Å²) in [5.74, 6) is 0.600. The number of para-hydroxylation sites is 2. The molecule has 0 radical (unpaired) electrons. The van der Waals surface area contributed by atoms with Gasteiger partial charge in [0.2, 0.25) is 0 Å². The summed E-state index contributed by atoms with van der Waals surface area (Å²) < 4.78 is 108. The molecule has 6 heterocycles. The zero-order chi connectivity index (χ0) is 46.7. The topological polar surface area (TPSA) is 198 Å². The second-order valence-corrected chi connectivity index (χ2v) is 14.9. The Hall–Kier alpha value is -7.46. The van der Waals surface area contributed by atoms with Crippen LogP contribution in [-0.4, -0.2) is 85.9 Å². The number of hydrogen-bond donors (Lipinski definition) is 2. The van der Waals surface area contributed by atoms with E-state index in [1.165, 1.54) is 60.0 Å². The quantitative estimate of drug-likeness (QED) is 0.111. The van der Waals surface area contributed by atoms with Crippen LogP contribution in [0.2, 0.25) is 0 Å². The van der Waals surface area contributed by atoms with Crippen LogP contribution in [0.4, 0.5) is 26.3 Å². The number of aliphatic hydroxyl groups excluding tert-OH is 1. The lowest BCUT2D eigenvalue weighted by atomic mass is 9.99. The van der Waals surface area contributed by atoms with Crippen molar-refractivity contribution in [2.45, 2.75) is 57.9 Å². The number of nitrogens with zero attached hydrogens (tertiary/aromatic N) is 10. The zero-order valence-corrected chi connectivity index (χ0v) is 35.0. The maximum absolute atomic E-state index is 14.1. The molecule has 0 amide bonds. The molecule has 0 saturated heterocycles. The molecule has 338 valence electrons. The van der Waals surface area contributed by atoms with Crippen LogP contribution in [-0.2, 0) is 25.4 Å². The van der Waals surface area contributed by atoms with Gasteiger partial charge in [0.1, 0.15) is 35.5 Å². The Morgan fingerprint density at radius 3 is 1.46 bits per heavy atom. The van der Waals surface area contributed by atoms with E-state index >= 15 is 0 Å². The average Bonchev–Trinajstić information content (AvgIpc) is 4.08. The van der Waals surface area contributed by atoms with Gasteiger partial charge in [-0.25, -0.2) is 19.9 Å². The van der Waals surface area contributed by atoms with Crippen LogP contribution in [0, 0.1) is 0 Å². The number of halogens is 6. The van der Waals surface area contributed by atoms with Gasteiger partial charge in [-0.15, -0.1) is 0 Å². The summed E-state index contributed by atoms with van der Waals surface area (Å²) in [7, 11) is 2.96. The first-order valence-electron chi connectivity index (χ1n) is 19.4. The van der Waals surface area contributed by atoms with E-state index in [1.54, 1.807) is 60.7 Å². The Balaban J connectivity index is 0.000000194. The Morgan fingerprint density at radius 2 is 1.08 bits per heavy atom. The summed E-state index contributed by atoms with van der Waals surface area (Å²) in [6.07, 6.45) is -3.00. The second-order valence-electron chi connectivity index (χ2n) is 14.9. The maximum Gasteiger partial charge on any atom is 0.433 e. The van der Waals surface area contributed by atoms with E-state index in [0.717, 1.165) is 12.4 Å². The fourth-order valence-electron chi connectivity index (χ4n) is 6.92. The number of aliphatic hydroxyl groups is 2. The van der Waals surface area contributed by atoms with Crippen molar-refractivity contribution in [2.75, 3.05) is 14.2 Å². The fraction of sp³-hybridized carbons (Fsp3) is 0.256. The molecule has 0 aliphatic heterocycles. The molecule has 2 N–H and O–H groups in total. The minimum Gasteiger partial charge on any atom is -0.496 e. The first kappa shape index (κ1) is 45.6. The smallest absolute Gasteiger partial charge is 0.433 e. The standard InChI is InChI=1S/C22H20F3N5O3.C21H18F3N5O3/c1-21(2,31)11-30-20(22(23,24)25)14(10-28-30)19-17(15-8-9-26-12-27-15)18(29-33-19)13-6-4-5-7-16(13)32-3;1-12(30)10-29-20(21(22,23)24)14(9-27-29)19-17(15-7-8-25-11-26-15)18(28-32-19)13-5-3-4-6-16(13)31-2/h4-10,12,31H,11H2,1-3H3;3-9,11-12,30H,10H2,1-2H3/t;12-/m.1/s1. The van der Waals surface area contributed by atoms with Crippen LogP contribution in [0.25, 0.3) is 67.7 Å². The highest BCUT2D eigenvalue weighted by molar-refractivity contribution is 5.92. The van der Waals surface area contributed by atoms with Crippen molar-refractivity contribution in [1.29, 1.82) is 0 Å². The SMILES string of the molecule is COc1ccccc1-c1noc(-c2cnn(CC(C)(C)O)c2C(F)(F)F)c1-c1ccncn1.COc1ccccc1-c1noc(-c2cnn(C[C@@H](C)O)c2C(F)(F)F)c1-c1ccncn1. The summed E-state index contributed by atoms with van der Waals surface area (Å²) in [4.78, 5) is 16.2. The minimum atomic E-state index is -4.78. The van der Waals surface area contributed by atoms with Gasteiger partial charge in [0.25, 0.3) is 0 Å². The maximum atomic E-state index is 14.1. The van der Waals surface area contributed by atoms with Crippen molar-refractivity contribution in [3.8, 4) is 79.2 Å². The van der Waals surface area contributed by atoms with E-state index in [4.69, 9.17) is 18.5 Å². The second kappa shape index (κ2) is 18.3. The lowest BCUT2D eigenvalue weighted by Crippen LogP contribution is -2.29. The van der Waals surface area contributed by atoms with Gasteiger partial charge in [0.15, 0.2) is 22.9 Å². The molecule has 0 aliphatic rings. The molecule has 16 nitrogen and oxygen atoms in total. The summed E-state index contributed by atoms with van der Waals surface area (Å²) in [6, 6.07) is 16.9. The molecule has 2 aromatic carbocycles. The van der Waals surface area contributed by atoms with E-state index in [1.807, 2.05) is 0 Å². The highest BCUT2D eigenvalue weighted by Crippen LogP contribution is 2.47. The molecule has 8 rings (SSSR count). The summed E-state index contributed by atoms with van der Waals surface area (Å²) in [5.41, 5.74) is -1.56. The van der Waals surface area contributed by atoms with Crippen molar-refractivity contribution in [3.05, 3.63) is 109 Å². The summed E-state index contributed by atoms with van der Waals surface area (Å²) in [6.45, 7) is 3.45. The minimum absolute atomic E-state index is 0.159. The highest BCUT2D eigenvalue weighted by Gasteiger charge is 2.43. The molecule has 0 aliphatic carbocycles. The molecule has 0 saturated carbocycles. The van der Waals surface area contributed by atoms with Crippen molar-refractivity contribution in [3.63, 3.8) is 0 Å². The van der Waals surface area contributed by atoms with Crippen molar-refractivity contribution in [1.82, 2.24) is 49.8 Å². The third kappa shape index (κ3) is 9.72. The van der Waals surface area contributed by atoms with Crippen molar-refractivity contribution < 1.29 is 55.1 Å². The van der Waals surface area contributed by atoms with E-state index in [9.17, 15) is 36.6 Å². The lowest BCUT2D eigenvalue weighted by Gasteiger charge is -2.20. The van der Waals surface area contributed by atoms with E-state index < -0.39 is 35.4 Å². The van der Waals surface area contributed by atoms with E-state index in [2.05, 4.69) is 40.4 Å². The first-order chi connectivity index (χ1) is 30.9. The van der Waals surface area contributed by atoms with Gasteiger partial charge >= 0.3 is 12.4 Å². The number of ether oxygens (including phenoxy) is 2. The van der Waals surface area contributed by atoms with Crippen LogP contribution in [0.1, 0.15) is 32.2 Å². The van der Waals surface area contributed by atoms with Gasteiger partial charge in [-0.3, -0.25) is 9.36 Å². The molecular weight excluding hydrogens is 867 g/mol. The van der Waals surface area contributed by atoms with E-state index in [0.29, 0.717) is 43.4 Å². The van der Waals surface area contributed by atoms with Gasteiger partial charge < -0.3 is 28.7 Å². The van der Waals surface area contributed by atoms with Crippen LogP contribution in [0.5, 0.6) is 11.5 Å². The number of alkyl halides is 6. The van der Waals surface area contributed by atoms with Crippen LogP contribution < -0.4 is 9.47 Å². The predicted octanol–water partition coefficient (Wildman–Crippen LogP) is 8.53. The molecule has 1 atom stereocenters. The molecule has 0 fully saturated rings. The van der Waals surface area contributed by atoms with Crippen LogP contribution in [0.15, 0.2) is 107 Å². The molecule has 0 unspecified atom stereocenters. The number of benzene rings is 2. The largest absolute Gasteiger partial charge is 0.496 e. The molecule has 8 aromatic rings.